The Kier molecular flexibility index (Phi) is 69.6. The predicted octanol–water partition coefficient (Wildman–Crippen LogP) is 24.4. The van der Waals surface area contributed by atoms with Crippen LogP contribution in [0.3, 0.4) is 0 Å². The number of unbranched alkanes of at least 4 members (excludes halogenated alkanes) is 43. The molecule has 0 saturated carbocycles. The summed E-state index contributed by atoms with van der Waals surface area (Å²) in [5.74, 6) is 1.05. The van der Waals surface area contributed by atoms with Crippen molar-refractivity contribution in [3.05, 3.63) is 0 Å². The van der Waals surface area contributed by atoms with Gasteiger partial charge < -0.3 is 33.8 Å². The SMILES string of the molecule is CCC(C)CCCCCCCCCCCCCCCCC(=O)OC[C@H](COP(=O)(O)OC[C@@H](O)COP(=O)(O)OC[C@@H](COC(=O)CCCCCCCCC(C)CC)OC(=O)CCCCCCCCCCCCCCCC(C)C)OC(=O)CCCCCCCCCCCCCCCCC(C)C. The monoisotopic (exact) mass is 1480 g/mol. The molecule has 0 rings (SSSR count). The van der Waals surface area contributed by atoms with Gasteiger partial charge in [-0.2, -0.15) is 0 Å². The minimum Gasteiger partial charge on any atom is -0.462 e. The van der Waals surface area contributed by atoms with Gasteiger partial charge in [0.1, 0.15) is 19.3 Å². The van der Waals surface area contributed by atoms with E-state index >= 15 is 0 Å². The third kappa shape index (κ3) is 73.4. The maximum atomic E-state index is 13.1. The third-order valence-corrected chi connectivity index (χ3v) is 21.7. The maximum Gasteiger partial charge on any atom is 0.472 e. The van der Waals surface area contributed by atoms with E-state index in [1.807, 2.05) is 0 Å². The largest absolute Gasteiger partial charge is 0.472 e. The van der Waals surface area contributed by atoms with Crippen molar-refractivity contribution in [1.82, 2.24) is 0 Å². The standard InChI is InChI=1S/C82H160O17P2/c1-9-74(7)60-52-44-36-30-24-18-12-14-19-25-31-37-46-54-62-79(84)92-68-77(98-81(86)64-56-48-38-32-26-20-13-11-16-22-28-34-42-50-58-72(3)4)70-96-100(88,89)94-66-76(83)67-95-101(90,91)97-71-78(69-93-80(85)63-55-47-41-40-45-53-61-75(8)10-2)99-82(87)65-57-49-39-33-27-21-15-17-23-29-35-43-51-59-73(5)6/h72-78,83H,9-71H2,1-8H3,(H,88,89)(H,90,91)/t74?,75?,76-,77-,78-/m1/s1. The van der Waals surface area contributed by atoms with E-state index in [4.69, 9.17) is 37.0 Å². The van der Waals surface area contributed by atoms with Crippen LogP contribution < -0.4 is 0 Å². The average Bonchev–Trinajstić information content (AvgIpc) is 0.936. The Morgan fingerprint density at radius 1 is 0.277 bits per heavy atom. The molecule has 3 N–H and O–H groups in total. The van der Waals surface area contributed by atoms with Gasteiger partial charge in [0.25, 0.3) is 0 Å². The topological polar surface area (TPSA) is 237 Å². The van der Waals surface area contributed by atoms with Gasteiger partial charge in [-0.05, 0) is 49.4 Å². The maximum absolute atomic E-state index is 13.1. The zero-order valence-electron chi connectivity index (χ0n) is 66.5. The van der Waals surface area contributed by atoms with Gasteiger partial charge in [0.2, 0.25) is 0 Å². The minimum absolute atomic E-state index is 0.106. The molecule has 0 bridgehead atoms. The highest BCUT2D eigenvalue weighted by Gasteiger charge is 2.30. The number of carbonyl (C=O) groups excluding carboxylic acids is 4. The highest BCUT2D eigenvalue weighted by atomic mass is 31.2. The molecule has 0 aromatic carbocycles. The first-order valence-corrected chi connectivity index (χ1v) is 45.3. The third-order valence-electron chi connectivity index (χ3n) is 19.8. The molecule has 19 heteroatoms. The second-order valence-electron chi connectivity index (χ2n) is 31.0. The number of hydrogen-bond donors (Lipinski definition) is 3. The van der Waals surface area contributed by atoms with Crippen LogP contribution in [0, 0.1) is 23.7 Å². The number of phosphoric ester groups is 2. The first-order valence-electron chi connectivity index (χ1n) is 42.3. The molecule has 0 saturated heterocycles. The average molecular weight is 1480 g/mol. The lowest BCUT2D eigenvalue weighted by Gasteiger charge is -2.21. The van der Waals surface area contributed by atoms with Gasteiger partial charge in [0.15, 0.2) is 12.2 Å². The van der Waals surface area contributed by atoms with E-state index < -0.39 is 97.5 Å². The molecule has 0 amide bonds. The van der Waals surface area contributed by atoms with E-state index in [0.29, 0.717) is 25.7 Å². The van der Waals surface area contributed by atoms with Crippen LogP contribution >= 0.6 is 15.6 Å². The van der Waals surface area contributed by atoms with Gasteiger partial charge in [0, 0.05) is 25.7 Å². The minimum atomic E-state index is -4.96. The van der Waals surface area contributed by atoms with Crippen LogP contribution in [-0.4, -0.2) is 96.7 Å². The number of carbonyl (C=O) groups is 4. The highest BCUT2D eigenvalue weighted by Crippen LogP contribution is 2.45. The lowest BCUT2D eigenvalue weighted by Crippen LogP contribution is -2.30. The van der Waals surface area contributed by atoms with E-state index in [9.17, 15) is 43.2 Å². The lowest BCUT2D eigenvalue weighted by molar-refractivity contribution is -0.161. The van der Waals surface area contributed by atoms with Crippen molar-refractivity contribution < 1.29 is 80.2 Å². The summed E-state index contributed by atoms with van der Waals surface area (Å²) in [7, 11) is -9.92. The Morgan fingerprint density at radius 2 is 0.475 bits per heavy atom. The van der Waals surface area contributed by atoms with Gasteiger partial charge in [-0.3, -0.25) is 37.3 Å². The number of rotatable bonds is 79. The quantitative estimate of drug-likeness (QED) is 0.0222. The highest BCUT2D eigenvalue weighted by molar-refractivity contribution is 7.47. The number of phosphoric acid groups is 2. The molecule has 0 heterocycles. The Balaban J connectivity index is 5.25. The van der Waals surface area contributed by atoms with Crippen molar-refractivity contribution >= 4 is 39.5 Å². The van der Waals surface area contributed by atoms with Crippen molar-refractivity contribution in [2.75, 3.05) is 39.6 Å². The summed E-state index contributed by atoms with van der Waals surface area (Å²) in [6.07, 6.45) is 58.2. The summed E-state index contributed by atoms with van der Waals surface area (Å²) in [6, 6.07) is 0. The number of esters is 4. The number of hydrogen-bond acceptors (Lipinski definition) is 15. The first kappa shape index (κ1) is 99.1. The van der Waals surface area contributed by atoms with E-state index in [-0.39, 0.29) is 25.7 Å². The molecule has 0 fully saturated rings. The van der Waals surface area contributed by atoms with Gasteiger partial charge in [-0.1, -0.05) is 370 Å². The van der Waals surface area contributed by atoms with E-state index in [2.05, 4.69) is 55.4 Å². The molecule has 0 aromatic heterocycles. The van der Waals surface area contributed by atoms with Crippen LogP contribution in [-0.2, 0) is 65.4 Å². The zero-order chi connectivity index (χ0) is 74.6. The van der Waals surface area contributed by atoms with Gasteiger partial charge in [-0.25, -0.2) is 9.13 Å². The summed E-state index contributed by atoms with van der Waals surface area (Å²) >= 11 is 0. The van der Waals surface area contributed by atoms with Crippen LogP contribution in [0.5, 0.6) is 0 Å². The summed E-state index contributed by atoms with van der Waals surface area (Å²) in [5, 5.41) is 10.7. The van der Waals surface area contributed by atoms with Crippen LogP contribution in [0.2, 0.25) is 0 Å². The van der Waals surface area contributed by atoms with E-state index in [0.717, 1.165) is 120 Å². The summed E-state index contributed by atoms with van der Waals surface area (Å²) in [4.78, 5) is 73.1. The molecule has 0 aliphatic rings. The molecule has 0 aliphatic heterocycles. The molecule has 4 unspecified atom stereocenters. The molecule has 101 heavy (non-hydrogen) atoms. The Morgan fingerprint density at radius 3 is 0.703 bits per heavy atom. The Labute approximate surface area is 619 Å². The fourth-order valence-corrected chi connectivity index (χ4v) is 14.1. The van der Waals surface area contributed by atoms with Gasteiger partial charge in [-0.15, -0.1) is 0 Å². The molecule has 0 aromatic rings. The zero-order valence-corrected chi connectivity index (χ0v) is 68.3. The van der Waals surface area contributed by atoms with E-state index in [1.54, 1.807) is 0 Å². The van der Waals surface area contributed by atoms with E-state index in [1.165, 1.54) is 218 Å². The van der Waals surface area contributed by atoms with Crippen molar-refractivity contribution in [3.63, 3.8) is 0 Å². The predicted molar refractivity (Wildman–Crippen MR) is 414 cm³/mol. The molecule has 600 valence electrons. The number of aliphatic hydroxyl groups is 1. The van der Waals surface area contributed by atoms with Crippen molar-refractivity contribution in [2.45, 2.75) is 440 Å². The Hall–Kier alpha value is -1.94. The summed E-state index contributed by atoms with van der Waals surface area (Å²) in [5.41, 5.74) is 0. The molecular formula is C82H160O17P2. The Bertz CT molecular complexity index is 1980. The number of ether oxygens (including phenoxy) is 4. The molecule has 17 nitrogen and oxygen atoms in total. The normalized spacial score (nSPS) is 14.5. The fourth-order valence-electron chi connectivity index (χ4n) is 12.5. The second kappa shape index (κ2) is 71.0. The van der Waals surface area contributed by atoms with Crippen molar-refractivity contribution in [3.8, 4) is 0 Å². The molecule has 0 radical (unpaired) electrons. The summed E-state index contributed by atoms with van der Waals surface area (Å²) < 4.78 is 68.8. The first-order chi connectivity index (χ1) is 48.7. The second-order valence-corrected chi connectivity index (χ2v) is 33.9. The smallest absolute Gasteiger partial charge is 0.462 e. The van der Waals surface area contributed by atoms with Crippen LogP contribution in [0.15, 0.2) is 0 Å². The lowest BCUT2D eigenvalue weighted by atomic mass is 9.99. The molecule has 0 aliphatic carbocycles. The van der Waals surface area contributed by atoms with Crippen LogP contribution in [0.1, 0.15) is 421 Å². The van der Waals surface area contributed by atoms with Crippen LogP contribution in [0.4, 0.5) is 0 Å². The van der Waals surface area contributed by atoms with Gasteiger partial charge in [0.05, 0.1) is 26.4 Å². The van der Waals surface area contributed by atoms with Crippen molar-refractivity contribution in [2.24, 2.45) is 23.7 Å². The number of aliphatic hydroxyl groups excluding tert-OH is 1. The van der Waals surface area contributed by atoms with Crippen molar-refractivity contribution in [1.29, 1.82) is 0 Å². The molecule has 0 spiro atoms. The summed E-state index contributed by atoms with van der Waals surface area (Å²) in [6.45, 7) is 14.3. The molecule has 7 atom stereocenters. The van der Waals surface area contributed by atoms with Crippen LogP contribution in [0.25, 0.3) is 0 Å². The fraction of sp³-hybridized carbons (Fsp3) is 0.951. The molecular weight excluding hydrogens is 1320 g/mol. The van der Waals surface area contributed by atoms with Gasteiger partial charge >= 0.3 is 39.5 Å².